The van der Waals surface area contributed by atoms with E-state index in [1.165, 1.54) is 5.39 Å². The van der Waals surface area contributed by atoms with Crippen LogP contribution in [0.2, 0.25) is 0 Å². The van der Waals surface area contributed by atoms with Crippen molar-refractivity contribution in [2.24, 2.45) is 0 Å². The molecule has 1 N–H and O–H groups in total. The monoisotopic (exact) mass is 132 g/mol. The molecule has 2 rings (SSSR count). The van der Waals surface area contributed by atoms with Gasteiger partial charge in [-0.3, -0.25) is 4.98 Å². The minimum atomic E-state index is 1.08. The van der Waals surface area contributed by atoms with E-state index >= 15 is 0 Å². The summed E-state index contributed by atoms with van der Waals surface area (Å²) in [5.41, 5.74) is 2.24. The maximum absolute atomic E-state index is 4.16. The number of nitrogens with one attached hydrogen (secondary N) is 1. The Labute approximate surface area is 58.9 Å². The van der Waals surface area contributed by atoms with Gasteiger partial charge in [0.15, 0.2) is 0 Å². The molecule has 0 aliphatic rings. The Hall–Kier alpha value is -1.31. The van der Waals surface area contributed by atoms with Gasteiger partial charge in [-0.05, 0) is 19.1 Å². The average Bonchev–Trinajstić information content (AvgIpc) is 2.36. The number of aryl methyl sites for hydroxylation is 1. The first-order valence-corrected chi connectivity index (χ1v) is 3.26. The first-order valence-electron chi connectivity index (χ1n) is 3.26. The third kappa shape index (κ3) is 0.620. The van der Waals surface area contributed by atoms with Crippen LogP contribution in [0.25, 0.3) is 10.9 Å². The van der Waals surface area contributed by atoms with Crippen LogP contribution in [0.15, 0.2) is 24.5 Å². The second-order valence-electron chi connectivity index (χ2n) is 2.34. The summed E-state index contributed by atoms with van der Waals surface area (Å²) in [4.78, 5) is 7.28. The molecule has 0 unspecified atom stereocenters. The smallest absolute Gasteiger partial charge is 0.0487 e. The number of rotatable bonds is 0. The minimum absolute atomic E-state index is 1.08. The van der Waals surface area contributed by atoms with Crippen LogP contribution in [0.1, 0.15) is 5.69 Å². The zero-order valence-electron chi connectivity index (χ0n) is 5.76. The van der Waals surface area contributed by atoms with E-state index in [9.17, 15) is 0 Å². The van der Waals surface area contributed by atoms with Crippen LogP contribution in [0, 0.1) is 6.92 Å². The van der Waals surface area contributed by atoms with Crippen molar-refractivity contribution in [3.8, 4) is 0 Å². The average molecular weight is 132 g/mol. The predicted molar refractivity (Wildman–Crippen MR) is 40.8 cm³/mol. The number of pyridine rings is 1. The van der Waals surface area contributed by atoms with Crippen molar-refractivity contribution < 1.29 is 0 Å². The fraction of sp³-hybridized carbons (Fsp3) is 0.125. The predicted octanol–water partition coefficient (Wildman–Crippen LogP) is 1.87. The molecule has 2 aromatic rings. The topological polar surface area (TPSA) is 28.7 Å². The second kappa shape index (κ2) is 1.84. The lowest BCUT2D eigenvalue weighted by molar-refractivity contribution is 1.24. The zero-order chi connectivity index (χ0) is 6.97. The van der Waals surface area contributed by atoms with Crippen LogP contribution in [-0.4, -0.2) is 9.97 Å². The lowest BCUT2D eigenvalue weighted by atomic mass is 10.2. The summed E-state index contributed by atoms with van der Waals surface area (Å²) in [6, 6.07) is 4.01. The number of H-pyrrole nitrogens is 1. The van der Waals surface area contributed by atoms with Gasteiger partial charge in [0.2, 0.25) is 0 Å². The molecular weight excluding hydrogens is 124 g/mol. The normalized spacial score (nSPS) is 10.5. The molecule has 0 fully saturated rings. The van der Waals surface area contributed by atoms with Gasteiger partial charge in [0.1, 0.15) is 0 Å². The van der Waals surface area contributed by atoms with Crippen LogP contribution < -0.4 is 0 Å². The summed E-state index contributed by atoms with van der Waals surface area (Å²) in [6.45, 7) is 2.01. The van der Waals surface area contributed by atoms with Crippen LogP contribution >= 0.6 is 0 Å². The molecule has 0 aliphatic heterocycles. The van der Waals surface area contributed by atoms with E-state index in [0.29, 0.717) is 0 Å². The number of fused-ring (bicyclic) bond motifs is 1. The second-order valence-corrected chi connectivity index (χ2v) is 2.34. The molecule has 2 nitrogen and oxygen atoms in total. The third-order valence-electron chi connectivity index (χ3n) is 1.68. The van der Waals surface area contributed by atoms with E-state index in [1.54, 1.807) is 0 Å². The molecule has 0 radical (unpaired) electrons. The van der Waals surface area contributed by atoms with Crippen molar-refractivity contribution in [2.45, 2.75) is 6.92 Å². The summed E-state index contributed by atoms with van der Waals surface area (Å²) >= 11 is 0. The van der Waals surface area contributed by atoms with Crippen molar-refractivity contribution in [3.05, 3.63) is 30.2 Å². The Morgan fingerprint density at radius 1 is 1.40 bits per heavy atom. The van der Waals surface area contributed by atoms with Crippen LogP contribution in [-0.2, 0) is 0 Å². The zero-order valence-corrected chi connectivity index (χ0v) is 5.76. The molecule has 0 saturated heterocycles. The maximum Gasteiger partial charge on any atom is 0.0487 e. The molecule has 0 bridgehead atoms. The Morgan fingerprint density at radius 2 is 2.30 bits per heavy atom. The number of hydrogen-bond donors (Lipinski definition) is 1. The fourth-order valence-corrected chi connectivity index (χ4v) is 1.13. The van der Waals surface area contributed by atoms with Crippen molar-refractivity contribution in [1.29, 1.82) is 0 Å². The van der Waals surface area contributed by atoms with Gasteiger partial charge in [0.25, 0.3) is 0 Å². The third-order valence-corrected chi connectivity index (χ3v) is 1.68. The van der Waals surface area contributed by atoms with Crippen LogP contribution in [0.4, 0.5) is 0 Å². The first-order chi connectivity index (χ1) is 4.88. The van der Waals surface area contributed by atoms with Crippen molar-refractivity contribution in [1.82, 2.24) is 9.97 Å². The lowest BCUT2D eigenvalue weighted by Crippen LogP contribution is -1.78. The number of aromatic amines is 1. The van der Waals surface area contributed by atoms with Gasteiger partial charge in [0, 0.05) is 29.0 Å². The van der Waals surface area contributed by atoms with Gasteiger partial charge in [-0.25, -0.2) is 0 Å². The van der Waals surface area contributed by atoms with Gasteiger partial charge < -0.3 is 4.98 Å². The standard InChI is InChI=1S/C8H8N2/c1-6-7-2-4-10-8(7)3-5-9-6/h2-5,10H,1H3. The summed E-state index contributed by atoms with van der Waals surface area (Å²) in [5.74, 6) is 0. The molecule has 50 valence electrons. The molecule has 2 heterocycles. The van der Waals surface area contributed by atoms with Crippen molar-refractivity contribution in [2.75, 3.05) is 0 Å². The highest BCUT2D eigenvalue weighted by molar-refractivity contribution is 5.80. The molecular formula is C8H8N2. The summed E-state index contributed by atoms with van der Waals surface area (Å²) in [7, 11) is 0. The van der Waals surface area contributed by atoms with Gasteiger partial charge in [0.05, 0.1) is 0 Å². The molecule has 2 aromatic heterocycles. The van der Waals surface area contributed by atoms with E-state index in [2.05, 4.69) is 9.97 Å². The van der Waals surface area contributed by atoms with E-state index in [-0.39, 0.29) is 0 Å². The van der Waals surface area contributed by atoms with Crippen LogP contribution in [0.5, 0.6) is 0 Å². The van der Waals surface area contributed by atoms with Gasteiger partial charge >= 0.3 is 0 Å². The maximum atomic E-state index is 4.16. The highest BCUT2D eigenvalue weighted by atomic mass is 14.7. The Kier molecular flexibility index (Phi) is 1.01. The molecule has 10 heavy (non-hydrogen) atoms. The van der Waals surface area contributed by atoms with Crippen molar-refractivity contribution in [3.63, 3.8) is 0 Å². The molecule has 2 heteroatoms. The fourth-order valence-electron chi connectivity index (χ4n) is 1.13. The molecule has 0 atom stereocenters. The SMILES string of the molecule is Cc1nccc2[nH]ccc12. The van der Waals surface area contributed by atoms with E-state index < -0.39 is 0 Å². The summed E-state index contributed by atoms with van der Waals surface area (Å²) in [6.07, 6.45) is 3.74. The van der Waals surface area contributed by atoms with Gasteiger partial charge in [-0.2, -0.15) is 0 Å². The molecule has 0 aliphatic carbocycles. The Balaban J connectivity index is 2.95. The first kappa shape index (κ1) is 5.47. The van der Waals surface area contributed by atoms with E-state index in [0.717, 1.165) is 11.2 Å². The highest BCUT2D eigenvalue weighted by Gasteiger charge is 1.95. The number of hydrogen-bond acceptors (Lipinski definition) is 1. The number of nitrogens with zero attached hydrogens (tertiary/aromatic N) is 1. The minimum Gasteiger partial charge on any atom is -0.361 e. The highest BCUT2D eigenvalue weighted by Crippen LogP contribution is 2.12. The molecule has 0 spiro atoms. The van der Waals surface area contributed by atoms with Crippen LogP contribution in [0.3, 0.4) is 0 Å². The van der Waals surface area contributed by atoms with Gasteiger partial charge in [-0.15, -0.1) is 0 Å². The molecule has 0 aromatic carbocycles. The van der Waals surface area contributed by atoms with E-state index in [1.807, 2.05) is 31.5 Å². The summed E-state index contributed by atoms with van der Waals surface area (Å²) in [5, 5.41) is 1.21. The van der Waals surface area contributed by atoms with E-state index in [4.69, 9.17) is 0 Å². The number of aromatic nitrogens is 2. The molecule has 0 amide bonds. The lowest BCUT2D eigenvalue weighted by Gasteiger charge is -1.91. The Morgan fingerprint density at radius 3 is 3.10 bits per heavy atom. The summed E-state index contributed by atoms with van der Waals surface area (Å²) < 4.78 is 0. The largest absolute Gasteiger partial charge is 0.361 e. The van der Waals surface area contributed by atoms with Crippen molar-refractivity contribution >= 4 is 10.9 Å². The van der Waals surface area contributed by atoms with Gasteiger partial charge in [-0.1, -0.05) is 0 Å². The molecule has 0 saturated carbocycles. The quantitative estimate of drug-likeness (QED) is 0.582. The Bertz CT molecular complexity index is 349.